The van der Waals surface area contributed by atoms with Gasteiger partial charge in [-0.05, 0) is 56.5 Å². The van der Waals surface area contributed by atoms with Gasteiger partial charge in [0.25, 0.3) is 5.56 Å². The number of aromatic nitrogens is 4. The summed E-state index contributed by atoms with van der Waals surface area (Å²) in [5.41, 5.74) is 1.39. The first-order valence-corrected chi connectivity index (χ1v) is 11.2. The number of carbonyl (C=O) groups is 2. The van der Waals surface area contributed by atoms with Crippen LogP contribution in [0.5, 0.6) is 0 Å². The molecule has 3 aromatic heterocycles. The summed E-state index contributed by atoms with van der Waals surface area (Å²) in [4.78, 5) is 38.1. The minimum absolute atomic E-state index is 0.177. The average molecular weight is 465 g/mol. The average Bonchev–Trinajstić information content (AvgIpc) is 3.41. The molecule has 10 heteroatoms. The monoisotopic (exact) mass is 464 g/mol. The zero-order valence-corrected chi connectivity index (χ0v) is 19.6. The second-order valence-electron chi connectivity index (χ2n) is 8.58. The first-order valence-electron chi connectivity index (χ1n) is 10.3. The number of hydrogen-bond acceptors (Lipinski definition) is 6. The number of benzene rings is 1. The molecule has 2 N–H and O–H groups in total. The van der Waals surface area contributed by atoms with Crippen molar-refractivity contribution in [1.82, 2.24) is 19.6 Å². The van der Waals surface area contributed by atoms with E-state index in [1.165, 1.54) is 22.9 Å². The number of rotatable bonds is 5. The molecule has 3 heterocycles. The van der Waals surface area contributed by atoms with Gasteiger partial charge in [-0.3, -0.25) is 19.1 Å². The molecule has 1 aromatic carbocycles. The van der Waals surface area contributed by atoms with Crippen LogP contribution in [-0.4, -0.2) is 31.4 Å². The quantitative estimate of drug-likeness (QED) is 0.468. The SMILES string of the molecule is CC(=O)Nc1ccc(NC(=O)Cn2nc(-c3cccs3)c3cnn(C(C)(C)C)c3c2=O)cc1. The van der Waals surface area contributed by atoms with Crippen LogP contribution in [0.3, 0.4) is 0 Å². The van der Waals surface area contributed by atoms with Crippen molar-refractivity contribution in [3.05, 3.63) is 58.3 Å². The predicted octanol–water partition coefficient (Wildman–Crippen LogP) is 3.67. The number of anilines is 2. The van der Waals surface area contributed by atoms with Crippen LogP contribution in [0.15, 0.2) is 52.8 Å². The predicted molar refractivity (Wildman–Crippen MR) is 129 cm³/mol. The number of carbonyl (C=O) groups excluding carboxylic acids is 2. The largest absolute Gasteiger partial charge is 0.326 e. The van der Waals surface area contributed by atoms with E-state index in [-0.39, 0.29) is 18.0 Å². The molecule has 170 valence electrons. The molecule has 0 radical (unpaired) electrons. The normalized spacial score (nSPS) is 11.5. The fourth-order valence-electron chi connectivity index (χ4n) is 3.46. The second-order valence-corrected chi connectivity index (χ2v) is 9.53. The molecular formula is C23H24N6O3S. The first-order chi connectivity index (χ1) is 15.6. The molecule has 0 atom stereocenters. The van der Waals surface area contributed by atoms with Gasteiger partial charge in [-0.25, -0.2) is 4.68 Å². The van der Waals surface area contributed by atoms with E-state index in [4.69, 9.17) is 0 Å². The summed E-state index contributed by atoms with van der Waals surface area (Å²) in [5, 5.41) is 17.0. The maximum atomic E-state index is 13.3. The molecule has 0 aliphatic heterocycles. The number of fused-ring (bicyclic) bond motifs is 1. The maximum absolute atomic E-state index is 13.3. The van der Waals surface area contributed by atoms with Crippen molar-refractivity contribution in [2.45, 2.75) is 39.8 Å². The van der Waals surface area contributed by atoms with Gasteiger partial charge < -0.3 is 10.6 Å². The molecule has 0 saturated carbocycles. The Kier molecular flexibility index (Phi) is 5.86. The molecule has 0 aliphatic carbocycles. The lowest BCUT2D eigenvalue weighted by atomic mass is 10.1. The fraction of sp³-hybridized carbons (Fsp3) is 0.261. The maximum Gasteiger partial charge on any atom is 0.293 e. The van der Waals surface area contributed by atoms with Crippen LogP contribution in [0, 0.1) is 0 Å². The topological polar surface area (TPSA) is 111 Å². The molecule has 0 bridgehead atoms. The molecule has 2 amide bonds. The Labute approximate surface area is 194 Å². The van der Waals surface area contributed by atoms with Gasteiger partial charge in [-0.2, -0.15) is 10.2 Å². The van der Waals surface area contributed by atoms with Crippen LogP contribution < -0.4 is 16.2 Å². The van der Waals surface area contributed by atoms with E-state index < -0.39 is 11.4 Å². The van der Waals surface area contributed by atoms with Gasteiger partial charge in [-0.1, -0.05) is 6.07 Å². The van der Waals surface area contributed by atoms with Crippen LogP contribution in [0.4, 0.5) is 11.4 Å². The number of nitrogens with one attached hydrogen (secondary N) is 2. The lowest BCUT2D eigenvalue weighted by Crippen LogP contribution is -2.33. The van der Waals surface area contributed by atoms with Crippen LogP contribution in [0.25, 0.3) is 21.5 Å². The molecule has 0 aliphatic rings. The standard InChI is InChI=1S/C23H24N6O3S/c1-14(30)25-15-7-9-16(10-8-15)26-19(31)13-28-22(32)21-17(12-24-29(21)23(2,3)4)20(27-28)18-6-5-11-33-18/h5-12H,13H2,1-4H3,(H,25,30)(H,26,31). The number of hydrogen-bond donors (Lipinski definition) is 2. The van der Waals surface area contributed by atoms with E-state index in [1.807, 2.05) is 38.3 Å². The lowest BCUT2D eigenvalue weighted by Gasteiger charge is -2.20. The van der Waals surface area contributed by atoms with Crippen LogP contribution >= 0.6 is 11.3 Å². The third kappa shape index (κ3) is 4.70. The number of amides is 2. The highest BCUT2D eigenvalue weighted by Crippen LogP contribution is 2.30. The van der Waals surface area contributed by atoms with Gasteiger partial charge >= 0.3 is 0 Å². The molecule has 0 saturated heterocycles. The van der Waals surface area contributed by atoms with Gasteiger partial charge in [0, 0.05) is 18.3 Å². The van der Waals surface area contributed by atoms with Crippen molar-refractivity contribution in [2.75, 3.05) is 10.6 Å². The fourth-order valence-corrected chi connectivity index (χ4v) is 4.18. The van der Waals surface area contributed by atoms with E-state index in [2.05, 4.69) is 20.8 Å². The molecular weight excluding hydrogens is 440 g/mol. The van der Waals surface area contributed by atoms with Crippen molar-refractivity contribution in [1.29, 1.82) is 0 Å². The molecule has 33 heavy (non-hydrogen) atoms. The molecule has 4 aromatic rings. The van der Waals surface area contributed by atoms with Crippen molar-refractivity contribution in [3.8, 4) is 10.6 Å². The van der Waals surface area contributed by atoms with Crippen molar-refractivity contribution < 1.29 is 9.59 Å². The van der Waals surface area contributed by atoms with Crippen molar-refractivity contribution in [2.24, 2.45) is 0 Å². The summed E-state index contributed by atoms with van der Waals surface area (Å²) < 4.78 is 2.86. The molecule has 0 fully saturated rings. The van der Waals surface area contributed by atoms with E-state index in [1.54, 1.807) is 35.1 Å². The first kappa shape index (κ1) is 22.4. The van der Waals surface area contributed by atoms with E-state index in [9.17, 15) is 14.4 Å². The highest BCUT2D eigenvalue weighted by Gasteiger charge is 2.24. The van der Waals surface area contributed by atoms with Gasteiger partial charge in [0.1, 0.15) is 17.8 Å². The Morgan fingerprint density at radius 1 is 1.06 bits per heavy atom. The summed E-state index contributed by atoms with van der Waals surface area (Å²) >= 11 is 1.50. The van der Waals surface area contributed by atoms with Gasteiger partial charge in [0.2, 0.25) is 11.8 Å². The zero-order valence-electron chi connectivity index (χ0n) is 18.7. The van der Waals surface area contributed by atoms with Crippen molar-refractivity contribution >= 4 is 45.4 Å². The van der Waals surface area contributed by atoms with Crippen LogP contribution in [0.1, 0.15) is 27.7 Å². The lowest BCUT2D eigenvalue weighted by molar-refractivity contribution is -0.117. The third-order valence-electron chi connectivity index (χ3n) is 4.85. The highest BCUT2D eigenvalue weighted by atomic mass is 32.1. The van der Waals surface area contributed by atoms with E-state index >= 15 is 0 Å². The Morgan fingerprint density at radius 3 is 2.30 bits per heavy atom. The highest BCUT2D eigenvalue weighted by molar-refractivity contribution is 7.13. The smallest absolute Gasteiger partial charge is 0.293 e. The van der Waals surface area contributed by atoms with E-state index in [0.29, 0.717) is 28.0 Å². The molecule has 9 nitrogen and oxygen atoms in total. The van der Waals surface area contributed by atoms with Crippen LogP contribution in [0.2, 0.25) is 0 Å². The summed E-state index contributed by atoms with van der Waals surface area (Å²) in [5.74, 6) is -0.571. The summed E-state index contributed by atoms with van der Waals surface area (Å²) in [7, 11) is 0. The van der Waals surface area contributed by atoms with Crippen LogP contribution in [-0.2, 0) is 21.7 Å². The minimum atomic E-state index is -0.426. The van der Waals surface area contributed by atoms with Gasteiger partial charge in [-0.15, -0.1) is 11.3 Å². The van der Waals surface area contributed by atoms with Gasteiger partial charge in [0.15, 0.2) is 0 Å². The summed E-state index contributed by atoms with van der Waals surface area (Å²) in [6.07, 6.45) is 1.66. The Bertz CT molecular complexity index is 1380. The Morgan fingerprint density at radius 2 is 1.73 bits per heavy atom. The van der Waals surface area contributed by atoms with Crippen molar-refractivity contribution in [3.63, 3.8) is 0 Å². The Hall–Kier alpha value is -3.79. The van der Waals surface area contributed by atoms with E-state index in [0.717, 1.165) is 4.88 Å². The zero-order chi connectivity index (χ0) is 23.8. The molecule has 0 unspecified atom stereocenters. The number of nitrogens with zero attached hydrogens (tertiary/aromatic N) is 4. The number of thiophene rings is 1. The van der Waals surface area contributed by atoms with Gasteiger partial charge in [0.05, 0.1) is 22.0 Å². The summed E-state index contributed by atoms with van der Waals surface area (Å²) in [6.45, 7) is 7.06. The second kappa shape index (κ2) is 8.62. The summed E-state index contributed by atoms with van der Waals surface area (Å²) in [6, 6.07) is 10.6. The minimum Gasteiger partial charge on any atom is -0.326 e. The molecule has 4 rings (SSSR count). The Balaban J connectivity index is 1.68. The third-order valence-corrected chi connectivity index (χ3v) is 5.73. The molecule has 0 spiro atoms.